The van der Waals surface area contributed by atoms with Gasteiger partial charge in [-0.2, -0.15) is 0 Å². The van der Waals surface area contributed by atoms with E-state index in [9.17, 15) is 10.1 Å². The molecule has 0 amide bonds. The predicted octanol–water partition coefficient (Wildman–Crippen LogP) is 3.59. The van der Waals surface area contributed by atoms with Crippen molar-refractivity contribution in [2.75, 3.05) is 12.1 Å². The van der Waals surface area contributed by atoms with E-state index in [1.54, 1.807) is 12.1 Å². The van der Waals surface area contributed by atoms with Gasteiger partial charge in [-0.15, -0.1) is 0 Å². The third-order valence-electron chi connectivity index (χ3n) is 3.10. The Labute approximate surface area is 125 Å². The number of rotatable bonds is 4. The van der Waals surface area contributed by atoms with E-state index in [0.29, 0.717) is 28.8 Å². The SMILES string of the molecule is O=[N+]([O-])c1cc(Cl)ccc1NCc1cccc2c1OCO2. The third-order valence-corrected chi connectivity index (χ3v) is 3.34. The molecule has 0 spiro atoms. The highest BCUT2D eigenvalue weighted by atomic mass is 35.5. The van der Waals surface area contributed by atoms with Gasteiger partial charge in [0.15, 0.2) is 11.5 Å². The van der Waals surface area contributed by atoms with E-state index in [4.69, 9.17) is 21.1 Å². The average Bonchev–Trinajstić information content (AvgIpc) is 2.94. The van der Waals surface area contributed by atoms with Crippen molar-refractivity contribution >= 4 is 23.0 Å². The van der Waals surface area contributed by atoms with Gasteiger partial charge in [0.25, 0.3) is 5.69 Å². The highest BCUT2D eigenvalue weighted by Gasteiger charge is 2.18. The molecule has 0 saturated carbocycles. The van der Waals surface area contributed by atoms with Gasteiger partial charge in [0.05, 0.1) is 4.92 Å². The molecule has 2 aromatic rings. The fourth-order valence-electron chi connectivity index (χ4n) is 2.13. The second-order valence-electron chi connectivity index (χ2n) is 4.42. The Morgan fingerprint density at radius 3 is 2.95 bits per heavy atom. The van der Waals surface area contributed by atoms with Crippen LogP contribution >= 0.6 is 11.6 Å². The first-order valence-corrected chi connectivity index (χ1v) is 6.58. The van der Waals surface area contributed by atoms with Crippen LogP contribution in [0, 0.1) is 10.1 Å². The number of fused-ring (bicyclic) bond motifs is 1. The van der Waals surface area contributed by atoms with Crippen LogP contribution in [0.2, 0.25) is 5.02 Å². The molecule has 0 bridgehead atoms. The number of anilines is 1. The number of nitro benzene ring substituents is 1. The van der Waals surface area contributed by atoms with Gasteiger partial charge in [0.2, 0.25) is 6.79 Å². The van der Waals surface area contributed by atoms with E-state index in [-0.39, 0.29) is 12.5 Å². The molecule has 1 N–H and O–H groups in total. The number of nitro groups is 1. The molecular formula is C14H11ClN2O4. The largest absolute Gasteiger partial charge is 0.454 e. The summed E-state index contributed by atoms with van der Waals surface area (Å²) >= 11 is 5.79. The zero-order valence-corrected chi connectivity index (χ0v) is 11.6. The molecule has 3 rings (SSSR count). The lowest BCUT2D eigenvalue weighted by Gasteiger charge is -2.09. The van der Waals surface area contributed by atoms with Gasteiger partial charge in [0.1, 0.15) is 5.69 Å². The van der Waals surface area contributed by atoms with Crippen molar-refractivity contribution in [2.45, 2.75) is 6.54 Å². The maximum absolute atomic E-state index is 11.0. The first kappa shape index (κ1) is 13.5. The van der Waals surface area contributed by atoms with E-state index < -0.39 is 4.92 Å². The fraction of sp³-hybridized carbons (Fsp3) is 0.143. The average molecular weight is 307 g/mol. The summed E-state index contributed by atoms with van der Waals surface area (Å²) < 4.78 is 10.7. The number of hydrogen-bond donors (Lipinski definition) is 1. The molecule has 1 aliphatic heterocycles. The first-order valence-electron chi connectivity index (χ1n) is 6.20. The standard InChI is InChI=1S/C14H11ClN2O4/c15-10-4-5-11(12(6-10)17(18)19)16-7-9-2-1-3-13-14(9)21-8-20-13/h1-6,16H,7-8H2. The molecule has 108 valence electrons. The van der Waals surface area contributed by atoms with Crippen molar-refractivity contribution in [2.24, 2.45) is 0 Å². The molecule has 1 heterocycles. The molecule has 6 nitrogen and oxygen atoms in total. The van der Waals surface area contributed by atoms with E-state index in [1.165, 1.54) is 6.07 Å². The number of halogens is 1. The maximum Gasteiger partial charge on any atom is 0.293 e. The topological polar surface area (TPSA) is 73.6 Å². The lowest BCUT2D eigenvalue weighted by atomic mass is 10.1. The van der Waals surface area contributed by atoms with Crippen LogP contribution in [0.15, 0.2) is 36.4 Å². The van der Waals surface area contributed by atoms with Crippen LogP contribution in [0.25, 0.3) is 0 Å². The van der Waals surface area contributed by atoms with E-state index in [0.717, 1.165) is 5.56 Å². The van der Waals surface area contributed by atoms with Crippen molar-refractivity contribution < 1.29 is 14.4 Å². The van der Waals surface area contributed by atoms with Gasteiger partial charge in [-0.05, 0) is 18.2 Å². The lowest BCUT2D eigenvalue weighted by molar-refractivity contribution is -0.383. The van der Waals surface area contributed by atoms with Gasteiger partial charge in [-0.1, -0.05) is 23.7 Å². The van der Waals surface area contributed by atoms with Gasteiger partial charge >= 0.3 is 0 Å². The van der Waals surface area contributed by atoms with Crippen molar-refractivity contribution in [3.05, 3.63) is 57.1 Å². The fourth-order valence-corrected chi connectivity index (χ4v) is 2.29. The Bertz CT molecular complexity index is 705. The summed E-state index contributed by atoms with van der Waals surface area (Å²) in [6.45, 7) is 0.572. The van der Waals surface area contributed by atoms with E-state index >= 15 is 0 Å². The van der Waals surface area contributed by atoms with Gasteiger partial charge in [0, 0.05) is 23.2 Å². The molecule has 0 fully saturated rings. The summed E-state index contributed by atoms with van der Waals surface area (Å²) in [5, 5.41) is 14.4. The lowest BCUT2D eigenvalue weighted by Crippen LogP contribution is -2.03. The third kappa shape index (κ3) is 2.71. The Morgan fingerprint density at radius 2 is 2.14 bits per heavy atom. The number of para-hydroxylation sites is 1. The van der Waals surface area contributed by atoms with Gasteiger partial charge in [-0.3, -0.25) is 10.1 Å². The quantitative estimate of drug-likeness (QED) is 0.690. The molecule has 0 radical (unpaired) electrons. The highest BCUT2D eigenvalue weighted by Crippen LogP contribution is 2.36. The molecule has 7 heteroatoms. The summed E-state index contributed by atoms with van der Waals surface area (Å²) in [6.07, 6.45) is 0. The zero-order chi connectivity index (χ0) is 14.8. The van der Waals surface area contributed by atoms with Crippen molar-refractivity contribution in [1.29, 1.82) is 0 Å². The summed E-state index contributed by atoms with van der Waals surface area (Å²) in [4.78, 5) is 10.6. The Kier molecular flexibility index (Phi) is 3.53. The monoisotopic (exact) mass is 306 g/mol. The number of hydrogen-bond acceptors (Lipinski definition) is 5. The first-order chi connectivity index (χ1) is 10.1. The number of nitrogens with one attached hydrogen (secondary N) is 1. The minimum atomic E-state index is -0.469. The Balaban J connectivity index is 1.83. The second kappa shape index (κ2) is 5.49. The van der Waals surface area contributed by atoms with Crippen molar-refractivity contribution in [3.8, 4) is 11.5 Å². The van der Waals surface area contributed by atoms with Crippen LogP contribution in [0.5, 0.6) is 11.5 Å². The van der Waals surface area contributed by atoms with Gasteiger partial charge in [-0.25, -0.2) is 0 Å². The van der Waals surface area contributed by atoms with Crippen molar-refractivity contribution in [1.82, 2.24) is 0 Å². The molecule has 0 atom stereocenters. The number of ether oxygens (including phenoxy) is 2. The molecular weight excluding hydrogens is 296 g/mol. The number of nitrogens with zero attached hydrogens (tertiary/aromatic N) is 1. The van der Waals surface area contributed by atoms with Crippen LogP contribution < -0.4 is 14.8 Å². The van der Waals surface area contributed by atoms with Crippen LogP contribution in [0.1, 0.15) is 5.56 Å². The van der Waals surface area contributed by atoms with Crippen LogP contribution in [-0.2, 0) is 6.54 Å². The molecule has 0 unspecified atom stereocenters. The van der Waals surface area contributed by atoms with E-state index in [1.807, 2.05) is 18.2 Å². The molecule has 0 saturated heterocycles. The Morgan fingerprint density at radius 1 is 1.29 bits per heavy atom. The molecule has 21 heavy (non-hydrogen) atoms. The summed E-state index contributed by atoms with van der Waals surface area (Å²) in [7, 11) is 0. The predicted molar refractivity (Wildman–Crippen MR) is 78.0 cm³/mol. The van der Waals surface area contributed by atoms with Crippen LogP contribution in [-0.4, -0.2) is 11.7 Å². The zero-order valence-electron chi connectivity index (χ0n) is 10.8. The summed E-state index contributed by atoms with van der Waals surface area (Å²) in [6, 6.07) is 10.0. The molecule has 1 aliphatic rings. The normalized spacial score (nSPS) is 12.2. The van der Waals surface area contributed by atoms with Crippen LogP contribution in [0.4, 0.5) is 11.4 Å². The highest BCUT2D eigenvalue weighted by molar-refractivity contribution is 6.30. The summed E-state index contributed by atoms with van der Waals surface area (Å²) in [5.74, 6) is 1.35. The smallest absolute Gasteiger partial charge is 0.293 e. The summed E-state index contributed by atoms with van der Waals surface area (Å²) in [5.41, 5.74) is 1.21. The minimum absolute atomic E-state index is 0.0627. The van der Waals surface area contributed by atoms with Gasteiger partial charge < -0.3 is 14.8 Å². The number of benzene rings is 2. The molecule has 0 aliphatic carbocycles. The van der Waals surface area contributed by atoms with E-state index in [2.05, 4.69) is 5.32 Å². The molecule has 2 aromatic carbocycles. The second-order valence-corrected chi connectivity index (χ2v) is 4.86. The minimum Gasteiger partial charge on any atom is -0.454 e. The van der Waals surface area contributed by atoms with Crippen molar-refractivity contribution in [3.63, 3.8) is 0 Å². The molecule has 0 aromatic heterocycles. The maximum atomic E-state index is 11.0. The van der Waals surface area contributed by atoms with Crippen LogP contribution in [0.3, 0.4) is 0 Å². The Hall–Kier alpha value is -2.47.